The average Bonchev–Trinajstić information content (AvgIpc) is 3.04. The molecule has 0 aromatic carbocycles. The molecule has 0 saturated carbocycles. The molecule has 0 aliphatic rings. The molecule has 0 aromatic rings. The summed E-state index contributed by atoms with van der Waals surface area (Å²) >= 11 is 0. The highest BCUT2D eigenvalue weighted by Crippen LogP contribution is 1.96. The fourth-order valence-corrected chi connectivity index (χ4v) is 2.20. The molecule has 0 fully saturated rings. The number of nitrogens with two attached hydrogens (primary N) is 8. The van der Waals surface area contributed by atoms with Crippen molar-refractivity contribution in [2.45, 2.75) is 77.0 Å². The third-order valence-electron chi connectivity index (χ3n) is 4.49. The van der Waals surface area contributed by atoms with E-state index < -0.39 is 0 Å². The van der Waals surface area contributed by atoms with Gasteiger partial charge in [-0.3, -0.25) is 0 Å². The van der Waals surface area contributed by atoms with Crippen LogP contribution in [0, 0.1) is 0 Å². The zero-order chi connectivity index (χ0) is 34.8. The van der Waals surface area contributed by atoms with Crippen LogP contribution in [0.2, 0.25) is 0 Å². The topological polar surface area (TPSA) is 595 Å². The molecule has 0 aliphatic carbocycles. The number of hydrogen-bond acceptors (Lipinski definition) is 16. The summed E-state index contributed by atoms with van der Waals surface area (Å²) in [5.74, 6) is 1.19. The van der Waals surface area contributed by atoms with Crippen LogP contribution in [0.25, 0.3) is 0 Å². The van der Waals surface area contributed by atoms with Crippen molar-refractivity contribution < 1.29 is 63.6 Å². The van der Waals surface area contributed by atoms with Gasteiger partial charge in [-0.15, -0.1) is 0 Å². The SMILES string of the molecule is N/C(CCC/C(N)=N/O)=N\O.N/C(CCC/C(N)=N/O)=N\O.N/C(CCC/C(N)=N/O)=N\O.N/C(CCC/C(N)=N/O)=N\O.O.O.O.O. The molecule has 48 heavy (non-hydrogen) atoms. The summed E-state index contributed by atoms with van der Waals surface area (Å²) in [6.45, 7) is 0. The summed E-state index contributed by atoms with van der Waals surface area (Å²) in [5.41, 5.74) is 41.3. The minimum absolute atomic E-state index is 0. The van der Waals surface area contributed by atoms with Crippen LogP contribution in [0.3, 0.4) is 0 Å². The molecule has 0 bridgehead atoms. The third-order valence-corrected chi connectivity index (χ3v) is 4.49. The van der Waals surface area contributed by atoms with Crippen molar-refractivity contribution in [3.63, 3.8) is 0 Å². The molecule has 28 heteroatoms. The molecule has 0 aliphatic heterocycles. The smallest absolute Gasteiger partial charge is 0.139 e. The fraction of sp³-hybridized carbons (Fsp3) is 0.600. The molecule has 0 heterocycles. The van der Waals surface area contributed by atoms with Crippen LogP contribution in [0.5, 0.6) is 0 Å². The van der Waals surface area contributed by atoms with Crippen LogP contribution in [0.15, 0.2) is 41.2 Å². The monoisotopic (exact) mass is 712 g/mol. The summed E-state index contributed by atoms with van der Waals surface area (Å²) in [4.78, 5) is 0. The summed E-state index contributed by atoms with van der Waals surface area (Å²) in [6, 6.07) is 0. The lowest BCUT2D eigenvalue weighted by Crippen LogP contribution is -2.15. The van der Waals surface area contributed by atoms with Crippen molar-refractivity contribution in [3.8, 4) is 0 Å². The van der Waals surface area contributed by atoms with E-state index in [1.807, 2.05) is 0 Å². The van der Waals surface area contributed by atoms with Crippen molar-refractivity contribution in [1.29, 1.82) is 0 Å². The first-order valence-corrected chi connectivity index (χ1v) is 12.5. The van der Waals surface area contributed by atoms with E-state index >= 15 is 0 Å². The molecule has 28 nitrogen and oxygen atoms in total. The largest absolute Gasteiger partial charge is 0.412 e. The maximum atomic E-state index is 8.11. The van der Waals surface area contributed by atoms with Crippen molar-refractivity contribution >= 4 is 46.7 Å². The summed E-state index contributed by atoms with van der Waals surface area (Å²) in [6.07, 6.45) is 5.91. The molecule has 0 aromatic heterocycles. The Balaban J connectivity index is -0.0000000721. The Morgan fingerprint density at radius 3 is 0.396 bits per heavy atom. The Hall–Kier alpha value is -6.00. The zero-order valence-electron chi connectivity index (χ0n) is 26.3. The van der Waals surface area contributed by atoms with Gasteiger partial charge in [-0.2, -0.15) is 0 Å². The number of rotatable bonds is 16. The highest BCUT2D eigenvalue weighted by Gasteiger charge is 1.98. The van der Waals surface area contributed by atoms with E-state index in [2.05, 4.69) is 41.2 Å². The van der Waals surface area contributed by atoms with Crippen LogP contribution in [-0.4, -0.2) is 110 Å². The van der Waals surface area contributed by atoms with Gasteiger partial charge >= 0.3 is 0 Å². The Labute approximate surface area is 274 Å². The lowest BCUT2D eigenvalue weighted by atomic mass is 10.2. The molecular formula is C20H56N16O12. The maximum Gasteiger partial charge on any atom is 0.139 e. The zero-order valence-corrected chi connectivity index (χ0v) is 26.3. The second-order valence-corrected chi connectivity index (χ2v) is 8.14. The molecule has 0 unspecified atom stereocenters. The first-order chi connectivity index (χ1) is 20.8. The normalized spacial score (nSPS) is 12.3. The average molecular weight is 713 g/mol. The van der Waals surface area contributed by atoms with Crippen LogP contribution in [-0.2, 0) is 0 Å². The van der Waals surface area contributed by atoms with E-state index in [9.17, 15) is 0 Å². The van der Waals surface area contributed by atoms with Crippen molar-refractivity contribution in [2.75, 3.05) is 0 Å². The molecular weight excluding hydrogens is 656 g/mol. The highest BCUT2D eigenvalue weighted by atomic mass is 16.4. The second-order valence-electron chi connectivity index (χ2n) is 8.14. The third kappa shape index (κ3) is 52.6. The Morgan fingerprint density at radius 2 is 0.333 bits per heavy atom. The van der Waals surface area contributed by atoms with Gasteiger partial charge in [0.15, 0.2) is 0 Å². The van der Waals surface area contributed by atoms with Gasteiger partial charge in [-0.25, -0.2) is 0 Å². The second kappa shape index (κ2) is 45.4. The van der Waals surface area contributed by atoms with Gasteiger partial charge in [0.25, 0.3) is 0 Å². The quantitative estimate of drug-likeness (QED) is 0.0309. The minimum Gasteiger partial charge on any atom is -0.412 e. The molecule has 0 spiro atoms. The lowest BCUT2D eigenvalue weighted by Gasteiger charge is -1.96. The van der Waals surface area contributed by atoms with E-state index in [1.54, 1.807) is 0 Å². The maximum absolute atomic E-state index is 8.11. The summed E-state index contributed by atoms with van der Waals surface area (Å²) < 4.78 is 0. The summed E-state index contributed by atoms with van der Waals surface area (Å²) in [5, 5.41) is 87.0. The number of nitrogens with zero attached hydrogens (tertiary/aromatic N) is 8. The first-order valence-electron chi connectivity index (χ1n) is 12.5. The molecule has 0 saturated heterocycles. The molecule has 32 N–H and O–H groups in total. The van der Waals surface area contributed by atoms with Crippen LogP contribution >= 0.6 is 0 Å². The number of hydrogen-bond donors (Lipinski definition) is 16. The van der Waals surface area contributed by atoms with Crippen molar-refractivity contribution in [1.82, 2.24) is 0 Å². The van der Waals surface area contributed by atoms with Crippen LogP contribution in [0.1, 0.15) is 77.0 Å². The predicted octanol–water partition coefficient (Wildman–Crippen LogP) is -4.70. The molecule has 0 radical (unpaired) electrons. The minimum atomic E-state index is 0. The number of oxime groups is 8. The van der Waals surface area contributed by atoms with Gasteiger partial charge < -0.3 is 109 Å². The lowest BCUT2D eigenvalue weighted by molar-refractivity contribution is 0.315. The van der Waals surface area contributed by atoms with Gasteiger partial charge in [0.2, 0.25) is 0 Å². The van der Waals surface area contributed by atoms with E-state index in [-0.39, 0.29) is 68.6 Å². The Kier molecular flexibility index (Phi) is 57.8. The predicted molar refractivity (Wildman–Crippen MR) is 177 cm³/mol. The van der Waals surface area contributed by atoms with E-state index in [0.29, 0.717) is 77.0 Å². The van der Waals surface area contributed by atoms with Gasteiger partial charge in [-0.1, -0.05) is 41.2 Å². The van der Waals surface area contributed by atoms with Crippen molar-refractivity contribution in [3.05, 3.63) is 0 Å². The Morgan fingerprint density at radius 1 is 0.250 bits per heavy atom. The summed E-state index contributed by atoms with van der Waals surface area (Å²) in [7, 11) is 0. The van der Waals surface area contributed by atoms with Gasteiger partial charge in [-0.05, 0) is 25.7 Å². The number of amidine groups is 8. The Bertz CT molecular complexity index is 752. The van der Waals surface area contributed by atoms with Crippen molar-refractivity contribution in [2.24, 2.45) is 87.1 Å². The fourth-order valence-electron chi connectivity index (χ4n) is 2.20. The van der Waals surface area contributed by atoms with Gasteiger partial charge in [0, 0.05) is 51.4 Å². The van der Waals surface area contributed by atoms with Gasteiger partial charge in [0.1, 0.15) is 46.7 Å². The van der Waals surface area contributed by atoms with E-state index in [0.717, 1.165) is 0 Å². The standard InChI is InChI=1S/4C5H12N4O2.4H2O/c4*6-4(8-10)2-1-3-5(7)9-11;;;;/h4*10-11H,1-3H2,(H2,6,8)(H2,7,9);4*1H2. The van der Waals surface area contributed by atoms with Crippen LogP contribution < -0.4 is 45.9 Å². The molecule has 288 valence electrons. The van der Waals surface area contributed by atoms with Gasteiger partial charge in [0.05, 0.1) is 0 Å². The highest BCUT2D eigenvalue weighted by molar-refractivity contribution is 5.84. The molecule has 0 rings (SSSR count). The molecule has 0 atom stereocenters. The first kappa shape index (κ1) is 61.1. The van der Waals surface area contributed by atoms with E-state index in [1.165, 1.54) is 0 Å². The van der Waals surface area contributed by atoms with E-state index in [4.69, 9.17) is 87.5 Å². The molecule has 0 amide bonds. The van der Waals surface area contributed by atoms with Crippen LogP contribution in [0.4, 0.5) is 0 Å².